The van der Waals surface area contributed by atoms with E-state index in [0.29, 0.717) is 35.3 Å². The van der Waals surface area contributed by atoms with Gasteiger partial charge < -0.3 is 15.5 Å². The van der Waals surface area contributed by atoms with Crippen LogP contribution in [0, 0.1) is 6.92 Å². The first-order valence-electron chi connectivity index (χ1n) is 8.78. The Kier molecular flexibility index (Phi) is 6.02. The third kappa shape index (κ3) is 4.19. The topological polar surface area (TPSA) is 98.8 Å². The summed E-state index contributed by atoms with van der Waals surface area (Å²) < 4.78 is 0. The van der Waals surface area contributed by atoms with Crippen molar-refractivity contribution in [2.75, 3.05) is 25.0 Å². The second-order valence-corrected chi connectivity index (χ2v) is 7.16. The number of fused-ring (bicyclic) bond motifs is 1. The van der Waals surface area contributed by atoms with E-state index >= 15 is 0 Å². The molecular weight excluding hydrogens is 401 g/mol. The van der Waals surface area contributed by atoms with Crippen LogP contribution in [0.5, 0.6) is 0 Å². The van der Waals surface area contributed by atoms with E-state index in [1.807, 2.05) is 13.0 Å². The van der Waals surface area contributed by atoms with Gasteiger partial charge in [0, 0.05) is 47.8 Å². The molecule has 8 nitrogen and oxygen atoms in total. The van der Waals surface area contributed by atoms with Gasteiger partial charge in [-0.3, -0.25) is 9.89 Å². The van der Waals surface area contributed by atoms with Crippen molar-refractivity contribution < 1.29 is 4.79 Å². The molecule has 0 bridgehead atoms. The lowest BCUT2D eigenvalue weighted by Crippen LogP contribution is -2.51. The molecule has 28 heavy (non-hydrogen) atoms. The Morgan fingerprint density at radius 1 is 1.32 bits per heavy atom. The first-order chi connectivity index (χ1) is 13.0. The number of aromatic amines is 1. The van der Waals surface area contributed by atoms with Gasteiger partial charge in [-0.1, -0.05) is 11.6 Å². The molecule has 1 aromatic carbocycles. The summed E-state index contributed by atoms with van der Waals surface area (Å²) >= 11 is 6.15. The Hall–Kier alpha value is -2.42. The molecule has 148 valence electrons. The lowest BCUT2D eigenvalue weighted by Gasteiger charge is -2.31. The number of anilines is 2. The minimum absolute atomic E-state index is 0. The highest BCUT2D eigenvalue weighted by molar-refractivity contribution is 6.31. The van der Waals surface area contributed by atoms with E-state index in [2.05, 4.69) is 37.7 Å². The molecule has 2 aromatic heterocycles. The van der Waals surface area contributed by atoms with E-state index in [-0.39, 0.29) is 30.2 Å². The number of nitrogens with one attached hydrogen (secondary N) is 3. The number of amides is 1. The van der Waals surface area contributed by atoms with Crippen LogP contribution in [0.15, 0.2) is 24.3 Å². The molecule has 0 aliphatic carbocycles. The third-order valence-corrected chi connectivity index (χ3v) is 4.69. The van der Waals surface area contributed by atoms with Gasteiger partial charge in [-0.2, -0.15) is 5.10 Å². The van der Waals surface area contributed by atoms with Gasteiger partial charge in [-0.15, -0.1) is 12.4 Å². The second kappa shape index (κ2) is 8.30. The van der Waals surface area contributed by atoms with E-state index in [1.54, 1.807) is 23.1 Å². The van der Waals surface area contributed by atoms with Gasteiger partial charge in [0.1, 0.15) is 5.82 Å². The Morgan fingerprint density at radius 2 is 2.14 bits per heavy atom. The molecule has 0 spiro atoms. The fraction of sp³-hybridized carbons (Fsp3) is 0.333. The fourth-order valence-corrected chi connectivity index (χ4v) is 3.33. The highest BCUT2D eigenvalue weighted by atomic mass is 35.5. The number of rotatable bonds is 3. The summed E-state index contributed by atoms with van der Waals surface area (Å²) in [7, 11) is 0. The molecule has 1 amide bonds. The molecule has 10 heteroatoms. The molecule has 0 unspecified atom stereocenters. The van der Waals surface area contributed by atoms with Gasteiger partial charge in [-0.25, -0.2) is 9.97 Å². The minimum atomic E-state index is -0.179. The van der Waals surface area contributed by atoms with E-state index in [1.165, 1.54) is 0 Å². The Morgan fingerprint density at radius 3 is 2.86 bits per heavy atom. The van der Waals surface area contributed by atoms with Gasteiger partial charge >= 0.3 is 0 Å². The van der Waals surface area contributed by atoms with Crippen LogP contribution in [0.3, 0.4) is 0 Å². The summed E-state index contributed by atoms with van der Waals surface area (Å²) in [6, 6.07) is 7.42. The summed E-state index contributed by atoms with van der Waals surface area (Å²) in [4.78, 5) is 23.7. The van der Waals surface area contributed by atoms with E-state index < -0.39 is 0 Å². The van der Waals surface area contributed by atoms with Crippen molar-refractivity contribution in [2.45, 2.75) is 19.9 Å². The summed E-state index contributed by atoms with van der Waals surface area (Å²) in [5.41, 5.74) is 1.57. The maximum atomic E-state index is 13.0. The number of benzene rings is 1. The number of aryl methyl sites for hydroxylation is 1. The molecule has 0 radical (unpaired) electrons. The average molecular weight is 422 g/mol. The molecule has 1 fully saturated rings. The number of nitrogens with zero attached hydrogens (tertiary/aromatic N) is 4. The average Bonchev–Trinajstić information content (AvgIpc) is 3.06. The van der Waals surface area contributed by atoms with E-state index in [0.717, 1.165) is 17.6 Å². The van der Waals surface area contributed by atoms with Crippen LogP contribution in [0.4, 0.5) is 11.6 Å². The molecule has 3 N–H and O–H groups in total. The quantitative estimate of drug-likeness (QED) is 0.601. The number of aromatic nitrogens is 4. The van der Waals surface area contributed by atoms with Crippen LogP contribution in [0.25, 0.3) is 10.9 Å². The number of carbonyl (C=O) groups is 1. The van der Waals surface area contributed by atoms with Crippen molar-refractivity contribution in [3.63, 3.8) is 0 Å². The molecule has 1 aliphatic rings. The van der Waals surface area contributed by atoms with Crippen molar-refractivity contribution in [2.24, 2.45) is 0 Å². The van der Waals surface area contributed by atoms with Crippen LogP contribution in [0.1, 0.15) is 23.2 Å². The summed E-state index contributed by atoms with van der Waals surface area (Å²) in [5, 5.41) is 14.9. The molecule has 1 atom stereocenters. The lowest BCUT2D eigenvalue weighted by atomic mass is 10.2. The molecule has 3 aromatic rings. The van der Waals surface area contributed by atoms with Crippen molar-refractivity contribution in [1.82, 2.24) is 30.4 Å². The van der Waals surface area contributed by atoms with Gasteiger partial charge in [0.25, 0.3) is 5.91 Å². The van der Waals surface area contributed by atoms with E-state index in [4.69, 9.17) is 11.6 Å². The lowest BCUT2D eigenvalue weighted by molar-refractivity contribution is 0.0697. The molecule has 1 saturated heterocycles. The van der Waals surface area contributed by atoms with Crippen molar-refractivity contribution >= 4 is 52.5 Å². The molecule has 3 heterocycles. The van der Waals surface area contributed by atoms with Crippen LogP contribution in [-0.2, 0) is 0 Å². The van der Waals surface area contributed by atoms with Gasteiger partial charge in [0.05, 0.1) is 5.52 Å². The first kappa shape index (κ1) is 20.3. The number of piperazine rings is 1. The maximum absolute atomic E-state index is 13.0. The summed E-state index contributed by atoms with van der Waals surface area (Å²) in [6.07, 6.45) is 0. The number of carbonyl (C=O) groups excluding carboxylic acids is 1. The fourth-order valence-electron chi connectivity index (χ4n) is 3.15. The highest BCUT2D eigenvalue weighted by Crippen LogP contribution is 2.26. The monoisotopic (exact) mass is 421 g/mol. The predicted molar refractivity (Wildman–Crippen MR) is 112 cm³/mol. The predicted octanol–water partition coefficient (Wildman–Crippen LogP) is 2.91. The van der Waals surface area contributed by atoms with Crippen molar-refractivity contribution in [1.29, 1.82) is 0 Å². The van der Waals surface area contributed by atoms with Crippen LogP contribution in [-0.4, -0.2) is 56.6 Å². The largest absolute Gasteiger partial charge is 0.333 e. The smallest absolute Gasteiger partial charge is 0.291 e. The van der Waals surface area contributed by atoms with Crippen molar-refractivity contribution in [3.05, 3.63) is 40.8 Å². The molecule has 4 rings (SSSR count). The zero-order chi connectivity index (χ0) is 19.0. The Balaban J connectivity index is 0.00000225. The number of hydrogen-bond donors (Lipinski definition) is 3. The van der Waals surface area contributed by atoms with Gasteiger partial charge in [0.2, 0.25) is 5.82 Å². The third-order valence-electron chi connectivity index (χ3n) is 4.46. The summed E-state index contributed by atoms with van der Waals surface area (Å²) in [5.74, 6) is 1.09. The zero-order valence-corrected chi connectivity index (χ0v) is 17.1. The first-order valence-corrected chi connectivity index (χ1v) is 9.16. The maximum Gasteiger partial charge on any atom is 0.291 e. The van der Waals surface area contributed by atoms with Crippen LogP contribution in [0.2, 0.25) is 5.02 Å². The van der Waals surface area contributed by atoms with Gasteiger partial charge in [-0.05, 0) is 32.0 Å². The number of H-pyrrole nitrogens is 1. The van der Waals surface area contributed by atoms with Crippen molar-refractivity contribution in [3.8, 4) is 0 Å². The molecule has 0 saturated carbocycles. The molecule has 1 aliphatic heterocycles. The van der Waals surface area contributed by atoms with Crippen LogP contribution < -0.4 is 10.6 Å². The normalized spacial score (nSPS) is 16.7. The summed E-state index contributed by atoms with van der Waals surface area (Å²) in [6.45, 7) is 5.98. The minimum Gasteiger partial charge on any atom is -0.333 e. The SMILES string of the molecule is Cc1cc(Nc2nc(C(=O)N3CCN[C@@H](C)C3)nc3ccc(Cl)cc23)n[nH]1.Cl. The Bertz CT molecular complexity index is 1010. The number of hydrogen-bond acceptors (Lipinski definition) is 6. The zero-order valence-electron chi connectivity index (χ0n) is 15.5. The standard InChI is InChI=1S/C18H20ClN7O.ClH/c1-10-7-15(25-24-10)22-16-13-8-12(19)3-4-14(13)21-17(23-16)18(27)26-6-5-20-11(2)9-26;/h3-4,7-8,11,20H,5-6,9H2,1-2H3,(H2,21,22,23,24,25);1H/t11-;/m0./s1. The van der Waals surface area contributed by atoms with E-state index in [9.17, 15) is 4.79 Å². The highest BCUT2D eigenvalue weighted by Gasteiger charge is 2.25. The number of halogens is 2. The Labute approximate surface area is 173 Å². The van der Waals surface area contributed by atoms with Gasteiger partial charge in [0.15, 0.2) is 5.82 Å². The van der Waals surface area contributed by atoms with Crippen LogP contribution >= 0.6 is 24.0 Å². The second-order valence-electron chi connectivity index (χ2n) is 6.72. The molecular formula is C18H21Cl2N7O.